The number of rotatable bonds is 1. The number of para-hydroxylation sites is 1. The van der Waals surface area contributed by atoms with E-state index in [1.165, 1.54) is 16.6 Å². The molecule has 3 aromatic rings. The fraction of sp³-hybridized carbons (Fsp3) is 0.222. The molecule has 112 valence electrons. The molecule has 2 heterocycles. The Labute approximate surface area is 139 Å². The highest BCUT2D eigenvalue weighted by Crippen LogP contribution is 2.39. The van der Waals surface area contributed by atoms with Crippen molar-refractivity contribution in [1.82, 2.24) is 9.88 Å². The first-order valence-corrected chi connectivity index (χ1v) is 8.27. The first kappa shape index (κ1) is 14.1. The predicted molar refractivity (Wildman–Crippen MR) is 94.0 cm³/mol. The summed E-state index contributed by atoms with van der Waals surface area (Å²) < 4.78 is 2.41. The normalized spacial score (nSPS) is 14.8. The maximum Gasteiger partial charge on any atom is 0.0563 e. The number of nitrogens with one attached hydrogen (secondary N) is 1. The summed E-state index contributed by atoms with van der Waals surface area (Å²) in [5.74, 6) is 0. The molecule has 0 saturated carbocycles. The summed E-state index contributed by atoms with van der Waals surface area (Å²) in [6, 6.07) is 14.3. The molecule has 0 saturated heterocycles. The molecule has 1 aliphatic heterocycles. The van der Waals surface area contributed by atoms with Gasteiger partial charge in [0.15, 0.2) is 0 Å². The first-order chi connectivity index (χ1) is 10.8. The molecule has 0 bridgehead atoms. The van der Waals surface area contributed by atoms with Gasteiger partial charge in [0.1, 0.15) is 0 Å². The van der Waals surface area contributed by atoms with Crippen LogP contribution < -0.4 is 5.32 Å². The van der Waals surface area contributed by atoms with Crippen molar-refractivity contribution in [3.8, 4) is 11.1 Å². The Kier molecular flexibility index (Phi) is 3.61. The van der Waals surface area contributed by atoms with E-state index in [4.69, 9.17) is 23.2 Å². The highest BCUT2D eigenvalue weighted by atomic mass is 35.5. The van der Waals surface area contributed by atoms with E-state index in [1.807, 2.05) is 18.2 Å². The largest absolute Gasteiger partial charge is 0.343 e. The molecule has 1 aromatic heterocycles. The van der Waals surface area contributed by atoms with Gasteiger partial charge in [0.05, 0.1) is 5.52 Å². The molecule has 22 heavy (non-hydrogen) atoms. The monoisotopic (exact) mass is 330 g/mol. The minimum absolute atomic E-state index is 0.697. The van der Waals surface area contributed by atoms with Crippen molar-refractivity contribution >= 4 is 34.1 Å². The average molecular weight is 331 g/mol. The van der Waals surface area contributed by atoms with Crippen LogP contribution in [0.25, 0.3) is 22.0 Å². The second-order valence-electron chi connectivity index (χ2n) is 5.63. The van der Waals surface area contributed by atoms with Crippen molar-refractivity contribution in [3.05, 3.63) is 58.2 Å². The van der Waals surface area contributed by atoms with Gasteiger partial charge in [-0.15, -0.1) is 0 Å². The van der Waals surface area contributed by atoms with Gasteiger partial charge in [-0.05, 0) is 18.2 Å². The lowest BCUT2D eigenvalue weighted by atomic mass is 10.0. The molecular weight excluding hydrogens is 315 g/mol. The van der Waals surface area contributed by atoms with Crippen molar-refractivity contribution < 1.29 is 0 Å². The fourth-order valence-corrected chi connectivity index (χ4v) is 3.93. The molecule has 2 nitrogen and oxygen atoms in total. The number of nitrogens with zero attached hydrogens (tertiary/aromatic N) is 1. The lowest BCUT2D eigenvalue weighted by Gasteiger charge is -2.13. The van der Waals surface area contributed by atoms with Gasteiger partial charge in [-0.2, -0.15) is 0 Å². The lowest BCUT2D eigenvalue weighted by Crippen LogP contribution is -2.17. The molecule has 0 radical (unpaired) electrons. The third-order valence-corrected chi connectivity index (χ3v) is 4.94. The summed E-state index contributed by atoms with van der Waals surface area (Å²) in [5.41, 5.74) is 4.64. The lowest BCUT2D eigenvalue weighted by molar-refractivity contribution is 0.658. The Bertz CT molecular complexity index is 831. The van der Waals surface area contributed by atoms with Gasteiger partial charge >= 0.3 is 0 Å². The van der Waals surface area contributed by atoms with Crippen LogP contribution in [0.2, 0.25) is 10.0 Å². The number of hydrogen-bond donors (Lipinski definition) is 1. The maximum absolute atomic E-state index is 6.44. The Balaban J connectivity index is 2.04. The Morgan fingerprint density at radius 3 is 2.55 bits per heavy atom. The quantitative estimate of drug-likeness (QED) is 0.680. The maximum atomic E-state index is 6.44. The molecule has 0 fully saturated rings. The van der Waals surface area contributed by atoms with Gasteiger partial charge in [-0.3, -0.25) is 0 Å². The summed E-state index contributed by atoms with van der Waals surface area (Å²) in [5, 5.41) is 6.10. The fourth-order valence-electron chi connectivity index (χ4n) is 3.33. The van der Waals surface area contributed by atoms with E-state index in [1.54, 1.807) is 0 Å². The third kappa shape index (κ3) is 2.23. The van der Waals surface area contributed by atoms with Crippen LogP contribution in [0, 0.1) is 0 Å². The molecule has 2 aromatic carbocycles. The summed E-state index contributed by atoms with van der Waals surface area (Å²) in [6.45, 7) is 2.98. The number of aromatic nitrogens is 1. The van der Waals surface area contributed by atoms with Crippen molar-refractivity contribution in [1.29, 1.82) is 0 Å². The van der Waals surface area contributed by atoms with E-state index in [0.717, 1.165) is 37.2 Å². The molecular formula is C18H16Cl2N2. The standard InChI is InChI=1S/C18H16Cl2N2/c19-15-5-2-6-16(20)17(15)14-4-1-3-12-11-13-7-8-21-9-10-22(13)18(12)14/h1-6,11,21H,7-10H2. The van der Waals surface area contributed by atoms with Crippen LogP contribution in [0.15, 0.2) is 42.5 Å². The second kappa shape index (κ2) is 5.62. The number of halogens is 2. The zero-order valence-corrected chi connectivity index (χ0v) is 13.6. The van der Waals surface area contributed by atoms with Crippen LogP contribution in [0.5, 0.6) is 0 Å². The van der Waals surface area contributed by atoms with E-state index in [2.05, 4.69) is 34.1 Å². The van der Waals surface area contributed by atoms with Gasteiger partial charge in [-0.1, -0.05) is 47.5 Å². The Hall–Kier alpha value is -1.48. The zero-order valence-electron chi connectivity index (χ0n) is 12.1. The molecule has 0 amide bonds. The third-order valence-electron chi connectivity index (χ3n) is 4.31. The SMILES string of the molecule is Clc1cccc(Cl)c1-c1cccc2cc3n(c12)CCNCC3. The molecule has 0 spiro atoms. The molecule has 1 aliphatic rings. The summed E-state index contributed by atoms with van der Waals surface area (Å²) >= 11 is 12.9. The van der Waals surface area contributed by atoms with Crippen molar-refractivity contribution in [2.24, 2.45) is 0 Å². The van der Waals surface area contributed by atoms with Crippen LogP contribution in [0.1, 0.15) is 5.69 Å². The van der Waals surface area contributed by atoms with E-state index in [-0.39, 0.29) is 0 Å². The van der Waals surface area contributed by atoms with Crippen LogP contribution in [-0.2, 0) is 13.0 Å². The number of fused-ring (bicyclic) bond motifs is 3. The molecule has 1 N–H and O–H groups in total. The van der Waals surface area contributed by atoms with Gasteiger partial charge in [-0.25, -0.2) is 0 Å². The molecule has 4 heteroatoms. The minimum atomic E-state index is 0.697. The molecule has 0 unspecified atom stereocenters. The van der Waals surface area contributed by atoms with Crippen LogP contribution in [0.4, 0.5) is 0 Å². The first-order valence-electron chi connectivity index (χ1n) is 7.52. The number of hydrogen-bond acceptors (Lipinski definition) is 1. The Morgan fingerprint density at radius 2 is 1.73 bits per heavy atom. The van der Waals surface area contributed by atoms with Crippen molar-refractivity contribution in [3.63, 3.8) is 0 Å². The van der Waals surface area contributed by atoms with E-state index < -0.39 is 0 Å². The van der Waals surface area contributed by atoms with Gasteiger partial charge in [0.2, 0.25) is 0 Å². The highest BCUT2D eigenvalue weighted by molar-refractivity contribution is 6.39. The van der Waals surface area contributed by atoms with E-state index in [0.29, 0.717) is 10.0 Å². The molecule has 0 aliphatic carbocycles. The Morgan fingerprint density at radius 1 is 0.955 bits per heavy atom. The minimum Gasteiger partial charge on any atom is -0.343 e. The average Bonchev–Trinajstić information content (AvgIpc) is 2.70. The topological polar surface area (TPSA) is 17.0 Å². The van der Waals surface area contributed by atoms with Crippen molar-refractivity contribution in [2.75, 3.05) is 13.1 Å². The van der Waals surface area contributed by atoms with Gasteiger partial charge < -0.3 is 9.88 Å². The summed E-state index contributed by atoms with van der Waals surface area (Å²) in [4.78, 5) is 0. The van der Waals surface area contributed by atoms with Gasteiger partial charge in [0.25, 0.3) is 0 Å². The smallest absolute Gasteiger partial charge is 0.0563 e. The van der Waals surface area contributed by atoms with E-state index in [9.17, 15) is 0 Å². The van der Waals surface area contributed by atoms with Gasteiger partial charge in [0, 0.05) is 58.3 Å². The second-order valence-corrected chi connectivity index (χ2v) is 6.44. The zero-order chi connectivity index (χ0) is 15.1. The van der Waals surface area contributed by atoms with Crippen LogP contribution >= 0.6 is 23.2 Å². The van der Waals surface area contributed by atoms with Crippen molar-refractivity contribution in [2.45, 2.75) is 13.0 Å². The predicted octanol–water partition coefficient (Wildman–Crippen LogP) is 4.76. The molecule has 0 atom stereocenters. The summed E-state index contributed by atoms with van der Waals surface area (Å²) in [6.07, 6.45) is 1.05. The van der Waals surface area contributed by atoms with Crippen LogP contribution in [0.3, 0.4) is 0 Å². The number of benzene rings is 2. The molecule has 4 rings (SSSR count). The summed E-state index contributed by atoms with van der Waals surface area (Å²) in [7, 11) is 0. The highest BCUT2D eigenvalue weighted by Gasteiger charge is 2.17. The van der Waals surface area contributed by atoms with Crippen LogP contribution in [-0.4, -0.2) is 17.7 Å². The van der Waals surface area contributed by atoms with E-state index >= 15 is 0 Å².